The average molecular weight is 370 g/mol. The maximum Gasteiger partial charge on any atom is 0.421 e. The summed E-state index contributed by atoms with van der Waals surface area (Å²) in [6.07, 6.45) is -3.41. The summed E-state index contributed by atoms with van der Waals surface area (Å²) in [6.45, 7) is 6.14. The average Bonchev–Trinajstić information content (AvgIpc) is 2.38. The van der Waals surface area contributed by atoms with Crippen molar-refractivity contribution in [1.82, 2.24) is 0 Å². The van der Waals surface area contributed by atoms with E-state index in [0.29, 0.717) is 18.9 Å². The van der Waals surface area contributed by atoms with E-state index in [9.17, 15) is 18.3 Å². The number of hydrogen-bond acceptors (Lipinski definition) is 2. The summed E-state index contributed by atoms with van der Waals surface area (Å²) in [6, 6.07) is 2.26. The molecule has 0 aliphatic carbocycles. The van der Waals surface area contributed by atoms with Crippen molar-refractivity contribution >= 4 is 23.2 Å². The van der Waals surface area contributed by atoms with E-state index in [0.717, 1.165) is 18.6 Å². The van der Waals surface area contributed by atoms with Crippen molar-refractivity contribution in [2.24, 2.45) is 0 Å². The first kappa shape index (κ1) is 18.8. The molecule has 1 fully saturated rings. The van der Waals surface area contributed by atoms with Crippen molar-refractivity contribution in [2.75, 3.05) is 0 Å². The molecule has 1 aromatic rings. The van der Waals surface area contributed by atoms with Crippen LogP contribution in [0.25, 0.3) is 0 Å². The Kier molecular flexibility index (Phi) is 5.00. The lowest BCUT2D eigenvalue weighted by Crippen LogP contribution is -2.39. The zero-order valence-corrected chi connectivity index (χ0v) is 14.5. The summed E-state index contributed by atoms with van der Waals surface area (Å²) in [5, 5.41) is 10.00. The number of ether oxygens (including phenoxy) is 1. The molecule has 1 radical (unpaired) electrons. The highest BCUT2D eigenvalue weighted by Gasteiger charge is 2.51. The predicted octanol–water partition coefficient (Wildman–Crippen LogP) is 5.60. The summed E-state index contributed by atoms with van der Waals surface area (Å²) in [5.74, 6) is -0.155. The van der Waals surface area contributed by atoms with Gasteiger partial charge in [-0.25, -0.2) is 0 Å². The van der Waals surface area contributed by atoms with Crippen LogP contribution in [-0.4, -0.2) is 16.9 Å². The second-order valence-corrected chi connectivity index (χ2v) is 7.26. The van der Waals surface area contributed by atoms with E-state index in [4.69, 9.17) is 27.9 Å². The predicted molar refractivity (Wildman–Crippen MR) is 83.5 cm³/mol. The van der Waals surface area contributed by atoms with Gasteiger partial charge in [0.05, 0.1) is 12.2 Å². The molecular formula is C16H18Cl2F3O2. The molecule has 129 valence electrons. The van der Waals surface area contributed by atoms with Crippen LogP contribution >= 0.6 is 23.2 Å². The van der Waals surface area contributed by atoms with Crippen molar-refractivity contribution in [3.05, 3.63) is 39.9 Å². The number of rotatable bonds is 2. The van der Waals surface area contributed by atoms with Crippen LogP contribution in [-0.2, 0) is 10.3 Å². The molecule has 1 heterocycles. The first-order valence-electron chi connectivity index (χ1n) is 7.16. The number of hydrogen-bond donors (Lipinski definition) is 1. The highest BCUT2D eigenvalue weighted by Crippen LogP contribution is 2.47. The van der Waals surface area contributed by atoms with Crippen LogP contribution in [0.2, 0.25) is 10.0 Å². The zero-order valence-electron chi connectivity index (χ0n) is 13.0. The van der Waals surface area contributed by atoms with E-state index in [-0.39, 0.29) is 21.5 Å². The van der Waals surface area contributed by atoms with E-state index < -0.39 is 17.4 Å². The molecule has 0 bridgehead atoms. The molecule has 2 nitrogen and oxygen atoms in total. The fraction of sp³-hybridized carbons (Fsp3) is 0.562. The lowest BCUT2D eigenvalue weighted by molar-refractivity contribution is -0.258. The molecule has 1 saturated heterocycles. The zero-order chi connectivity index (χ0) is 17.6. The van der Waals surface area contributed by atoms with Crippen molar-refractivity contribution in [1.29, 1.82) is 0 Å². The van der Waals surface area contributed by atoms with Gasteiger partial charge in [-0.15, -0.1) is 0 Å². The van der Waals surface area contributed by atoms with Gasteiger partial charge in [0, 0.05) is 16.0 Å². The summed E-state index contributed by atoms with van der Waals surface area (Å²) < 4.78 is 44.6. The van der Waals surface area contributed by atoms with Crippen molar-refractivity contribution in [3.63, 3.8) is 0 Å². The maximum atomic E-state index is 13.0. The summed E-state index contributed by atoms with van der Waals surface area (Å²) in [7, 11) is 0. The van der Waals surface area contributed by atoms with E-state index >= 15 is 0 Å². The molecule has 0 saturated carbocycles. The highest BCUT2D eigenvalue weighted by molar-refractivity contribution is 6.36. The van der Waals surface area contributed by atoms with E-state index in [1.54, 1.807) is 6.61 Å². The molecule has 2 atom stereocenters. The van der Waals surface area contributed by atoms with Gasteiger partial charge in [0.2, 0.25) is 0 Å². The van der Waals surface area contributed by atoms with Gasteiger partial charge in [0.1, 0.15) is 0 Å². The molecule has 0 spiro atoms. The Bertz CT molecular complexity index is 574. The van der Waals surface area contributed by atoms with Crippen LogP contribution in [0.4, 0.5) is 13.2 Å². The van der Waals surface area contributed by atoms with Gasteiger partial charge in [-0.2, -0.15) is 13.2 Å². The minimum absolute atomic E-state index is 0.0978. The third kappa shape index (κ3) is 3.48. The molecule has 1 aliphatic heterocycles. The van der Waals surface area contributed by atoms with Gasteiger partial charge in [-0.1, -0.05) is 23.2 Å². The normalized spacial score (nSPS) is 24.3. The second-order valence-electron chi connectivity index (χ2n) is 6.44. The minimum atomic E-state index is -4.83. The number of alkyl halides is 3. The Balaban J connectivity index is 2.50. The minimum Gasteiger partial charge on any atom is -0.376 e. The van der Waals surface area contributed by atoms with Crippen molar-refractivity contribution in [2.45, 2.75) is 56.9 Å². The standard InChI is InChI=1S/C16H18Cl2F3O2/c1-14(2)10(5-4-6-23-14)13-11(17)7-9(8-12(13)18)15(3,22)16(19,20)21/h6-8,10,22H,4-5H2,1-3H3. The Labute approximate surface area is 143 Å². The van der Waals surface area contributed by atoms with Crippen LogP contribution in [0.1, 0.15) is 50.7 Å². The third-order valence-electron chi connectivity index (χ3n) is 4.34. The Hall–Kier alpha value is -0.490. The molecule has 7 heteroatoms. The van der Waals surface area contributed by atoms with Crippen LogP contribution in [0, 0.1) is 6.61 Å². The highest BCUT2D eigenvalue weighted by atomic mass is 35.5. The van der Waals surface area contributed by atoms with Gasteiger partial charge in [-0.3, -0.25) is 0 Å². The molecule has 23 heavy (non-hydrogen) atoms. The number of aliphatic hydroxyl groups is 1. The number of halogens is 5. The molecule has 1 aromatic carbocycles. The molecule has 2 unspecified atom stereocenters. The van der Waals surface area contributed by atoms with E-state index in [1.165, 1.54) is 0 Å². The molecular weight excluding hydrogens is 352 g/mol. The van der Waals surface area contributed by atoms with Crippen LogP contribution in [0.15, 0.2) is 12.1 Å². The summed E-state index contributed by atoms with van der Waals surface area (Å²) >= 11 is 12.4. The monoisotopic (exact) mass is 369 g/mol. The maximum absolute atomic E-state index is 13.0. The van der Waals surface area contributed by atoms with Crippen LogP contribution in [0.5, 0.6) is 0 Å². The van der Waals surface area contributed by atoms with Crippen LogP contribution < -0.4 is 0 Å². The Morgan fingerprint density at radius 2 is 1.74 bits per heavy atom. The largest absolute Gasteiger partial charge is 0.421 e. The first-order chi connectivity index (χ1) is 10.4. The summed E-state index contributed by atoms with van der Waals surface area (Å²) in [4.78, 5) is 0. The fourth-order valence-corrected chi connectivity index (χ4v) is 3.54. The molecule has 2 rings (SSSR count). The van der Waals surface area contributed by atoms with Gasteiger partial charge < -0.3 is 9.84 Å². The molecule has 1 aliphatic rings. The Morgan fingerprint density at radius 3 is 2.17 bits per heavy atom. The van der Waals surface area contributed by atoms with Crippen molar-refractivity contribution < 1.29 is 23.0 Å². The first-order valence-corrected chi connectivity index (χ1v) is 7.91. The van der Waals surface area contributed by atoms with Crippen molar-refractivity contribution in [3.8, 4) is 0 Å². The molecule has 0 amide bonds. The topological polar surface area (TPSA) is 29.5 Å². The number of benzene rings is 1. The molecule has 0 aromatic heterocycles. The molecule has 1 N–H and O–H groups in total. The van der Waals surface area contributed by atoms with Gasteiger partial charge in [-0.05, 0) is 56.9 Å². The van der Waals surface area contributed by atoms with Crippen LogP contribution in [0.3, 0.4) is 0 Å². The smallest absolute Gasteiger partial charge is 0.376 e. The van der Waals surface area contributed by atoms with E-state index in [2.05, 4.69) is 0 Å². The van der Waals surface area contributed by atoms with Gasteiger partial charge in [0.25, 0.3) is 0 Å². The SMILES string of the molecule is CC1(C)O[CH]CCC1c1c(Cl)cc(C(C)(O)C(F)(F)F)cc1Cl. The summed E-state index contributed by atoms with van der Waals surface area (Å²) in [5.41, 5.74) is -3.43. The third-order valence-corrected chi connectivity index (χ3v) is 4.97. The second kappa shape index (κ2) is 6.10. The van der Waals surface area contributed by atoms with Gasteiger partial charge in [0.15, 0.2) is 5.60 Å². The van der Waals surface area contributed by atoms with E-state index in [1.807, 2.05) is 13.8 Å². The lowest BCUT2D eigenvalue weighted by Gasteiger charge is -2.39. The van der Waals surface area contributed by atoms with Gasteiger partial charge >= 0.3 is 6.18 Å². The Morgan fingerprint density at radius 1 is 1.22 bits per heavy atom. The quantitative estimate of drug-likeness (QED) is 0.735. The fourth-order valence-electron chi connectivity index (χ4n) is 2.79. The lowest BCUT2D eigenvalue weighted by atomic mass is 9.78.